The summed E-state index contributed by atoms with van der Waals surface area (Å²) in [5.74, 6) is 1.53. The average Bonchev–Trinajstić information content (AvgIpc) is 3.99. The summed E-state index contributed by atoms with van der Waals surface area (Å²) >= 11 is 0. The van der Waals surface area contributed by atoms with E-state index in [4.69, 9.17) is 5.10 Å². The number of allylic oxidation sites excluding steroid dienone is 2. The predicted molar refractivity (Wildman–Crippen MR) is 259 cm³/mol. The first-order valence-electron chi connectivity index (χ1n) is 22.6. The zero-order valence-electron chi connectivity index (χ0n) is 36.4. The highest BCUT2D eigenvalue weighted by Crippen LogP contribution is 2.62. The van der Waals surface area contributed by atoms with Crippen LogP contribution < -0.4 is 25.9 Å². The maximum Gasteiger partial charge on any atom is 0.118 e. The van der Waals surface area contributed by atoms with Gasteiger partial charge < -0.3 is 19.8 Å². The Hall–Kier alpha value is -6.92. The summed E-state index contributed by atoms with van der Waals surface area (Å²) in [7, 11) is 0. The van der Waals surface area contributed by atoms with E-state index in [0.29, 0.717) is 10.7 Å². The van der Waals surface area contributed by atoms with Gasteiger partial charge in [0.05, 0.1) is 16.7 Å². The Balaban J connectivity index is 1.04. The van der Waals surface area contributed by atoms with Crippen molar-refractivity contribution in [2.24, 2.45) is 27.8 Å². The van der Waals surface area contributed by atoms with Crippen LogP contribution in [0.25, 0.3) is 33.6 Å². The van der Waals surface area contributed by atoms with E-state index in [9.17, 15) is 5.41 Å². The number of fused-ring (bicyclic) bond motifs is 2. The van der Waals surface area contributed by atoms with Crippen LogP contribution in [0.5, 0.6) is 0 Å². The molecule has 4 bridgehead atoms. The van der Waals surface area contributed by atoms with Gasteiger partial charge >= 0.3 is 0 Å². The van der Waals surface area contributed by atoms with E-state index in [2.05, 4.69) is 216 Å². The number of rotatable bonds is 12. The van der Waals surface area contributed by atoms with Crippen LogP contribution in [0, 0.1) is 28.1 Å². The highest BCUT2D eigenvalue weighted by atomic mass is 15.3. The third-order valence-corrected chi connectivity index (χ3v) is 13.7. The highest BCUT2D eigenvalue weighted by molar-refractivity contribution is 5.97. The fourth-order valence-corrected chi connectivity index (χ4v) is 10.9. The molecule has 7 aliphatic rings. The molecule has 1 heterocycles. The Labute approximate surface area is 371 Å². The minimum absolute atomic E-state index is 0.0189. The average molecular weight is 823 g/mol. The lowest BCUT2D eigenvalue weighted by atomic mass is 9.48. The number of hydrogen-bond donors (Lipinski definition) is 2. The lowest BCUT2D eigenvalue weighted by molar-refractivity contribution is 0.0383. The van der Waals surface area contributed by atoms with Crippen LogP contribution in [0.1, 0.15) is 46.5 Å². The lowest BCUT2D eigenvalue weighted by Gasteiger charge is -2.58. The van der Waals surface area contributed by atoms with Gasteiger partial charge in [0.1, 0.15) is 5.36 Å². The SMILES string of the molecule is CC(C)(C)Cn1c2c(-c3ccc(N(c4ccccc4)c4ccccc4)cc3)c(=N)/c(=N\NCC34CC=C5C(CC5C3)C4)c(-c3ccc(N(c4ccccc4)c4ccccc4)cc3)c1-2. The molecule has 6 aromatic rings. The Morgan fingerprint density at radius 1 is 0.587 bits per heavy atom. The first-order chi connectivity index (χ1) is 30.7. The normalized spacial score (nSPS) is 19.2. The van der Waals surface area contributed by atoms with E-state index in [1.807, 2.05) is 0 Å². The van der Waals surface area contributed by atoms with Crippen LogP contribution >= 0.6 is 0 Å². The molecule has 312 valence electrons. The summed E-state index contributed by atoms with van der Waals surface area (Å²) < 4.78 is 2.45. The van der Waals surface area contributed by atoms with Crippen LogP contribution in [0.2, 0.25) is 0 Å². The zero-order valence-corrected chi connectivity index (χ0v) is 36.4. The van der Waals surface area contributed by atoms with Crippen molar-refractivity contribution in [3.63, 3.8) is 0 Å². The molecule has 13 rings (SSSR count). The highest BCUT2D eigenvalue weighted by Gasteiger charge is 2.52. The van der Waals surface area contributed by atoms with Crippen molar-refractivity contribution in [1.29, 1.82) is 5.41 Å². The second-order valence-corrected chi connectivity index (χ2v) is 19.3. The van der Waals surface area contributed by atoms with Crippen molar-refractivity contribution >= 4 is 34.1 Å². The number of anilines is 6. The fraction of sp³-hybridized carbons (Fsp3) is 0.228. The van der Waals surface area contributed by atoms with E-state index in [1.165, 1.54) is 25.0 Å². The van der Waals surface area contributed by atoms with Crippen molar-refractivity contribution in [1.82, 2.24) is 9.99 Å². The van der Waals surface area contributed by atoms with Gasteiger partial charge in [-0.15, -0.1) is 0 Å². The van der Waals surface area contributed by atoms with Gasteiger partial charge in [-0.1, -0.05) is 129 Å². The molecule has 6 aromatic carbocycles. The van der Waals surface area contributed by atoms with Gasteiger partial charge in [0, 0.05) is 58.3 Å². The van der Waals surface area contributed by atoms with Crippen LogP contribution in [0.15, 0.2) is 187 Å². The van der Waals surface area contributed by atoms with Crippen molar-refractivity contribution in [2.75, 3.05) is 16.3 Å². The van der Waals surface area contributed by atoms with Crippen LogP contribution in [0.3, 0.4) is 0 Å². The molecule has 2 unspecified atom stereocenters. The Kier molecular flexibility index (Phi) is 9.56. The molecule has 0 spiro atoms. The minimum Gasteiger partial charge on any atom is -0.336 e. The van der Waals surface area contributed by atoms with Gasteiger partial charge in [0.25, 0.3) is 0 Å². The Morgan fingerprint density at radius 2 is 1.00 bits per heavy atom. The van der Waals surface area contributed by atoms with Gasteiger partial charge in [-0.2, -0.15) is 5.10 Å². The van der Waals surface area contributed by atoms with E-state index in [1.54, 1.807) is 5.57 Å². The molecule has 0 radical (unpaired) electrons. The second-order valence-electron chi connectivity index (χ2n) is 19.3. The third kappa shape index (κ3) is 7.17. The second kappa shape index (κ2) is 15.5. The van der Waals surface area contributed by atoms with Crippen molar-refractivity contribution in [2.45, 2.75) is 53.0 Å². The predicted octanol–water partition coefficient (Wildman–Crippen LogP) is 13.4. The van der Waals surface area contributed by atoms with Gasteiger partial charge in [0.2, 0.25) is 0 Å². The summed E-state index contributed by atoms with van der Waals surface area (Å²) in [6, 6.07) is 59.8. The summed E-state index contributed by atoms with van der Waals surface area (Å²) in [4.78, 5) is 4.58. The number of nitrogens with one attached hydrogen (secondary N) is 2. The molecule has 0 saturated heterocycles. The monoisotopic (exact) mass is 822 g/mol. The molecule has 6 nitrogen and oxygen atoms in total. The summed E-state index contributed by atoms with van der Waals surface area (Å²) in [5, 5.41) is 16.7. The van der Waals surface area contributed by atoms with Crippen LogP contribution in [-0.4, -0.2) is 11.1 Å². The minimum atomic E-state index is 0.0189. The van der Waals surface area contributed by atoms with E-state index < -0.39 is 0 Å². The molecule has 3 fully saturated rings. The molecule has 6 aliphatic carbocycles. The van der Waals surface area contributed by atoms with Crippen molar-refractivity contribution in [3.8, 4) is 33.6 Å². The first-order valence-corrected chi connectivity index (χ1v) is 22.6. The summed E-state index contributed by atoms with van der Waals surface area (Å²) in [6.07, 6.45) is 7.53. The quantitative estimate of drug-likeness (QED) is 0.0953. The summed E-state index contributed by atoms with van der Waals surface area (Å²) in [5.41, 5.74) is 18.5. The number of hydrogen-bond acceptors (Lipinski definition) is 5. The Bertz CT molecular complexity index is 2880. The largest absolute Gasteiger partial charge is 0.336 e. The molecule has 2 N–H and O–H groups in total. The standard InChI is InChI=1S/C57H54N6/c1-56(2,3)38-61-54-50(39-24-28-47(29-25-39)62(43-16-8-4-9-17-43)44-18-10-5-11-19-44)52(58)53(60-59-37-57-33-32-49-41(35-57)34-42(49)36-57)51(55(54)61)40-26-30-48(31-27-40)63(45-20-12-6-13-21-45)46-22-14-7-15-23-46/h4-32,41-42,58-59H,33-38H2,1-3H3/b58-52?,60-53-. The number of aromatic nitrogens is 1. The van der Waals surface area contributed by atoms with Gasteiger partial charge in [-0.3, -0.25) is 5.41 Å². The molecule has 0 aromatic heterocycles. The smallest absolute Gasteiger partial charge is 0.118 e. The van der Waals surface area contributed by atoms with Gasteiger partial charge in [-0.05, 0) is 132 Å². The molecule has 0 amide bonds. The maximum absolute atomic E-state index is 10.2. The van der Waals surface area contributed by atoms with E-state index in [0.717, 1.165) is 93.4 Å². The molecule has 63 heavy (non-hydrogen) atoms. The van der Waals surface area contributed by atoms with Crippen LogP contribution in [-0.2, 0) is 6.54 Å². The molecule has 6 heteroatoms. The van der Waals surface area contributed by atoms with E-state index in [-0.39, 0.29) is 10.8 Å². The fourth-order valence-electron chi connectivity index (χ4n) is 10.9. The van der Waals surface area contributed by atoms with Gasteiger partial charge in [-0.25, -0.2) is 0 Å². The zero-order chi connectivity index (χ0) is 42.7. The first kappa shape index (κ1) is 39.0. The third-order valence-electron chi connectivity index (χ3n) is 13.7. The lowest BCUT2D eigenvalue weighted by Crippen LogP contribution is -2.50. The molecular weight excluding hydrogens is 769 g/mol. The van der Waals surface area contributed by atoms with Crippen molar-refractivity contribution < 1.29 is 0 Å². The topological polar surface area (TPSA) is 59.7 Å². The summed E-state index contributed by atoms with van der Waals surface area (Å²) in [6.45, 7) is 8.55. The number of para-hydroxylation sites is 4. The molecule has 3 saturated carbocycles. The van der Waals surface area contributed by atoms with Gasteiger partial charge in [0.15, 0.2) is 0 Å². The van der Waals surface area contributed by atoms with E-state index >= 15 is 0 Å². The Morgan fingerprint density at radius 3 is 1.43 bits per heavy atom. The van der Waals surface area contributed by atoms with Crippen molar-refractivity contribution in [3.05, 3.63) is 192 Å². The number of benzene rings is 7. The van der Waals surface area contributed by atoms with Crippen LogP contribution in [0.4, 0.5) is 34.1 Å². The number of nitrogens with zero attached hydrogens (tertiary/aromatic N) is 4. The molecular formula is C57H54N6. The maximum atomic E-state index is 10.2. The molecule has 2 atom stereocenters. The molecule has 1 aliphatic heterocycles.